The van der Waals surface area contributed by atoms with Crippen LogP contribution in [0.3, 0.4) is 0 Å². The third-order valence-corrected chi connectivity index (χ3v) is 2.41. The van der Waals surface area contributed by atoms with Crippen LogP contribution in [-0.2, 0) is 18.0 Å². The highest BCUT2D eigenvalue weighted by molar-refractivity contribution is 5.20. The predicted molar refractivity (Wildman–Crippen MR) is 75.3 cm³/mol. The van der Waals surface area contributed by atoms with Crippen LogP contribution in [0.1, 0.15) is 30.5 Å². The van der Waals surface area contributed by atoms with E-state index in [1.165, 1.54) is 11.1 Å². The van der Waals surface area contributed by atoms with Gasteiger partial charge in [0, 0.05) is 12.4 Å². The van der Waals surface area contributed by atoms with Crippen molar-refractivity contribution < 1.29 is 4.74 Å². The highest BCUT2D eigenvalue weighted by Gasteiger charge is 1.94. The summed E-state index contributed by atoms with van der Waals surface area (Å²) in [5.41, 5.74) is 3.64. The van der Waals surface area contributed by atoms with Crippen molar-refractivity contribution in [3.63, 3.8) is 0 Å². The first-order chi connectivity index (χ1) is 8.84. The van der Waals surface area contributed by atoms with Crippen molar-refractivity contribution in [2.75, 3.05) is 0 Å². The largest absolute Gasteiger partial charge is 0.372 e. The molecule has 0 atom stereocenters. The second kappa shape index (κ2) is 8.43. The molecule has 1 aromatic carbocycles. The van der Waals surface area contributed by atoms with Crippen LogP contribution < -0.4 is 0 Å². The molecule has 2 rings (SSSR count). The fraction of sp³-hybridized carbons (Fsp3) is 0.312. The molecule has 0 saturated carbocycles. The molecular weight excluding hydrogens is 222 g/mol. The summed E-state index contributed by atoms with van der Waals surface area (Å²) in [5, 5.41) is 0. The average molecular weight is 243 g/mol. The molecule has 1 aromatic heterocycles. The molecule has 0 fully saturated rings. The van der Waals surface area contributed by atoms with Gasteiger partial charge in [0.05, 0.1) is 13.2 Å². The first kappa shape index (κ1) is 14.4. The first-order valence-electron chi connectivity index (χ1n) is 6.37. The zero-order valence-electron chi connectivity index (χ0n) is 11.4. The summed E-state index contributed by atoms with van der Waals surface area (Å²) >= 11 is 0. The van der Waals surface area contributed by atoms with E-state index >= 15 is 0 Å². The second-order valence-corrected chi connectivity index (χ2v) is 3.83. The van der Waals surface area contributed by atoms with Gasteiger partial charge in [-0.1, -0.05) is 43.7 Å². The molecule has 1 heterocycles. The molecule has 96 valence electrons. The summed E-state index contributed by atoms with van der Waals surface area (Å²) < 4.78 is 5.62. The van der Waals surface area contributed by atoms with Crippen LogP contribution in [0.4, 0.5) is 0 Å². The molecule has 2 nitrogen and oxygen atoms in total. The molecule has 0 aliphatic carbocycles. The maximum Gasteiger partial charge on any atom is 0.0722 e. The number of benzene rings is 1. The summed E-state index contributed by atoms with van der Waals surface area (Å²) in [7, 11) is 0. The fourth-order valence-corrected chi connectivity index (χ4v) is 1.45. The number of nitrogens with zero attached hydrogens (tertiary/aromatic N) is 1. The molecule has 2 aromatic rings. The van der Waals surface area contributed by atoms with Crippen molar-refractivity contribution in [1.29, 1.82) is 0 Å². The Morgan fingerprint density at radius 3 is 1.89 bits per heavy atom. The SMILES string of the molecule is CC.Cc1ccc(COCc2ccncc2)cc1. The van der Waals surface area contributed by atoms with E-state index in [0.717, 1.165) is 5.56 Å². The third-order valence-electron chi connectivity index (χ3n) is 2.41. The minimum Gasteiger partial charge on any atom is -0.372 e. The van der Waals surface area contributed by atoms with Gasteiger partial charge in [0.1, 0.15) is 0 Å². The molecule has 0 spiro atoms. The Morgan fingerprint density at radius 2 is 1.33 bits per heavy atom. The lowest BCUT2D eigenvalue weighted by atomic mass is 10.2. The van der Waals surface area contributed by atoms with Gasteiger partial charge < -0.3 is 4.74 Å². The molecule has 18 heavy (non-hydrogen) atoms. The van der Waals surface area contributed by atoms with Crippen LogP contribution >= 0.6 is 0 Å². The zero-order chi connectivity index (χ0) is 13.2. The van der Waals surface area contributed by atoms with E-state index in [0.29, 0.717) is 13.2 Å². The summed E-state index contributed by atoms with van der Waals surface area (Å²) in [6, 6.07) is 12.3. The monoisotopic (exact) mass is 243 g/mol. The lowest BCUT2D eigenvalue weighted by Crippen LogP contribution is -1.94. The van der Waals surface area contributed by atoms with Crippen molar-refractivity contribution in [3.8, 4) is 0 Å². The Labute approximate surface area is 110 Å². The molecule has 0 saturated heterocycles. The molecule has 0 aliphatic rings. The molecule has 0 unspecified atom stereocenters. The average Bonchev–Trinajstić information content (AvgIpc) is 2.44. The van der Waals surface area contributed by atoms with E-state index in [1.807, 2.05) is 26.0 Å². The van der Waals surface area contributed by atoms with Crippen LogP contribution in [-0.4, -0.2) is 4.98 Å². The van der Waals surface area contributed by atoms with Crippen molar-refractivity contribution in [3.05, 3.63) is 65.5 Å². The number of hydrogen-bond donors (Lipinski definition) is 0. The number of aromatic nitrogens is 1. The summed E-state index contributed by atoms with van der Waals surface area (Å²) in [6.07, 6.45) is 3.56. The second-order valence-electron chi connectivity index (χ2n) is 3.83. The van der Waals surface area contributed by atoms with Crippen LogP contribution in [0.5, 0.6) is 0 Å². The number of ether oxygens (including phenoxy) is 1. The Balaban J connectivity index is 0.000000771. The van der Waals surface area contributed by atoms with Gasteiger partial charge in [-0.15, -0.1) is 0 Å². The van der Waals surface area contributed by atoms with Crippen molar-refractivity contribution in [2.24, 2.45) is 0 Å². The van der Waals surface area contributed by atoms with Crippen LogP contribution in [0.2, 0.25) is 0 Å². The highest BCUT2D eigenvalue weighted by Crippen LogP contribution is 2.06. The van der Waals surface area contributed by atoms with E-state index < -0.39 is 0 Å². The van der Waals surface area contributed by atoms with E-state index in [2.05, 4.69) is 36.2 Å². The van der Waals surface area contributed by atoms with E-state index in [-0.39, 0.29) is 0 Å². The normalized spacial score (nSPS) is 9.50. The van der Waals surface area contributed by atoms with Gasteiger partial charge in [0.15, 0.2) is 0 Å². The Hall–Kier alpha value is -1.67. The molecule has 0 aliphatic heterocycles. The third kappa shape index (κ3) is 5.11. The maximum atomic E-state index is 5.62. The van der Waals surface area contributed by atoms with Crippen LogP contribution in [0.15, 0.2) is 48.8 Å². The summed E-state index contributed by atoms with van der Waals surface area (Å²) in [6.45, 7) is 7.38. The number of aryl methyl sites for hydroxylation is 1. The lowest BCUT2D eigenvalue weighted by molar-refractivity contribution is 0.107. The Morgan fingerprint density at radius 1 is 0.833 bits per heavy atom. The van der Waals surface area contributed by atoms with Gasteiger partial charge in [-0.05, 0) is 30.2 Å². The summed E-state index contributed by atoms with van der Waals surface area (Å²) in [5.74, 6) is 0. The van der Waals surface area contributed by atoms with E-state index in [9.17, 15) is 0 Å². The van der Waals surface area contributed by atoms with Gasteiger partial charge >= 0.3 is 0 Å². The number of pyridine rings is 1. The van der Waals surface area contributed by atoms with Gasteiger partial charge in [-0.25, -0.2) is 0 Å². The smallest absolute Gasteiger partial charge is 0.0722 e. The van der Waals surface area contributed by atoms with E-state index in [1.54, 1.807) is 12.4 Å². The van der Waals surface area contributed by atoms with E-state index in [4.69, 9.17) is 4.74 Å². The summed E-state index contributed by atoms with van der Waals surface area (Å²) in [4.78, 5) is 3.97. The topological polar surface area (TPSA) is 22.1 Å². The molecule has 0 radical (unpaired) electrons. The van der Waals surface area contributed by atoms with Gasteiger partial charge in [0.25, 0.3) is 0 Å². The molecule has 0 bridgehead atoms. The highest BCUT2D eigenvalue weighted by atomic mass is 16.5. The molecule has 2 heteroatoms. The molecule has 0 amide bonds. The molecular formula is C16H21NO. The standard InChI is InChI=1S/C14H15NO.C2H6/c1-12-2-4-13(5-3-12)10-16-11-14-6-8-15-9-7-14;1-2/h2-9H,10-11H2,1H3;1-2H3. The number of hydrogen-bond acceptors (Lipinski definition) is 2. The van der Waals surface area contributed by atoms with Crippen LogP contribution in [0, 0.1) is 6.92 Å². The van der Waals surface area contributed by atoms with Gasteiger partial charge in [0.2, 0.25) is 0 Å². The minimum atomic E-state index is 0.635. The fourth-order valence-electron chi connectivity index (χ4n) is 1.45. The predicted octanol–water partition coefficient (Wildman–Crippen LogP) is 4.13. The van der Waals surface area contributed by atoms with Crippen molar-refractivity contribution in [1.82, 2.24) is 4.98 Å². The van der Waals surface area contributed by atoms with Gasteiger partial charge in [-0.2, -0.15) is 0 Å². The van der Waals surface area contributed by atoms with Crippen LogP contribution in [0.25, 0.3) is 0 Å². The quantitative estimate of drug-likeness (QED) is 0.805. The number of rotatable bonds is 4. The Bertz CT molecular complexity index is 423. The maximum absolute atomic E-state index is 5.62. The van der Waals surface area contributed by atoms with Gasteiger partial charge in [-0.3, -0.25) is 4.98 Å². The van der Waals surface area contributed by atoms with Crippen molar-refractivity contribution >= 4 is 0 Å². The first-order valence-corrected chi connectivity index (χ1v) is 6.37. The minimum absolute atomic E-state index is 0.635. The molecule has 0 N–H and O–H groups in total. The Kier molecular flexibility index (Phi) is 6.74. The zero-order valence-corrected chi connectivity index (χ0v) is 11.4. The lowest BCUT2D eigenvalue weighted by Gasteiger charge is -2.04. The van der Waals surface area contributed by atoms with Crippen molar-refractivity contribution in [2.45, 2.75) is 34.0 Å².